The van der Waals surface area contributed by atoms with E-state index in [9.17, 15) is 23.3 Å². The number of nitro groups is 1. The summed E-state index contributed by atoms with van der Waals surface area (Å²) in [7, 11) is 0. The van der Waals surface area contributed by atoms with E-state index >= 15 is 0 Å². The number of rotatable bonds is 3. The van der Waals surface area contributed by atoms with Gasteiger partial charge in [0, 0.05) is 31.5 Å². The Morgan fingerprint density at radius 1 is 1.43 bits per heavy atom. The van der Waals surface area contributed by atoms with Crippen LogP contribution < -0.4 is 4.90 Å². The summed E-state index contributed by atoms with van der Waals surface area (Å²) in [5.41, 5.74) is -1.89. The topological polar surface area (TPSA) is 66.6 Å². The zero-order valence-corrected chi connectivity index (χ0v) is 11.1. The molecule has 21 heavy (non-hydrogen) atoms. The Balaban J connectivity index is 2.35. The molecule has 116 valence electrons. The molecule has 1 atom stereocenters. The molecule has 1 heterocycles. The zero-order valence-electron chi connectivity index (χ0n) is 11.1. The first-order valence-corrected chi connectivity index (χ1v) is 6.54. The van der Waals surface area contributed by atoms with Crippen LogP contribution in [0.5, 0.6) is 0 Å². The third-order valence-corrected chi connectivity index (χ3v) is 3.62. The highest BCUT2D eigenvalue weighted by Gasteiger charge is 2.39. The number of nitrogens with zero attached hydrogens (tertiary/aromatic N) is 2. The second-order valence-corrected chi connectivity index (χ2v) is 5.09. The molecule has 1 aliphatic heterocycles. The molecule has 1 aromatic rings. The van der Waals surface area contributed by atoms with Crippen LogP contribution in [0.25, 0.3) is 0 Å². The van der Waals surface area contributed by atoms with Crippen molar-refractivity contribution >= 4 is 11.4 Å². The van der Waals surface area contributed by atoms with E-state index in [4.69, 9.17) is 5.11 Å². The van der Waals surface area contributed by atoms with Gasteiger partial charge in [0.15, 0.2) is 0 Å². The minimum absolute atomic E-state index is 0.0169. The van der Waals surface area contributed by atoms with Crippen LogP contribution in [0.1, 0.15) is 18.4 Å². The number of piperidine rings is 1. The number of aliphatic hydroxyl groups excluding tert-OH is 1. The first-order valence-electron chi connectivity index (χ1n) is 6.54. The highest BCUT2D eigenvalue weighted by atomic mass is 19.4. The van der Waals surface area contributed by atoms with Gasteiger partial charge in [-0.05, 0) is 30.9 Å². The molecule has 8 heteroatoms. The molecule has 1 aliphatic rings. The summed E-state index contributed by atoms with van der Waals surface area (Å²) in [6, 6.07) is 3.03. The van der Waals surface area contributed by atoms with E-state index in [2.05, 4.69) is 0 Å². The summed E-state index contributed by atoms with van der Waals surface area (Å²) in [6.07, 6.45) is -3.18. The van der Waals surface area contributed by atoms with Crippen LogP contribution in [0.15, 0.2) is 18.2 Å². The van der Waals surface area contributed by atoms with Gasteiger partial charge in [0.1, 0.15) is 5.56 Å². The number of alkyl halides is 3. The number of nitro benzene ring substituents is 1. The lowest BCUT2D eigenvalue weighted by Crippen LogP contribution is -2.36. The van der Waals surface area contributed by atoms with Crippen molar-refractivity contribution in [2.24, 2.45) is 5.92 Å². The normalized spacial score (nSPS) is 19.6. The molecule has 0 amide bonds. The fraction of sp³-hybridized carbons (Fsp3) is 0.538. The maximum atomic E-state index is 12.9. The molecule has 1 aromatic carbocycles. The van der Waals surface area contributed by atoms with Crippen molar-refractivity contribution in [2.75, 3.05) is 24.6 Å². The minimum atomic E-state index is -4.77. The van der Waals surface area contributed by atoms with Crippen molar-refractivity contribution in [1.82, 2.24) is 0 Å². The van der Waals surface area contributed by atoms with Gasteiger partial charge in [0.2, 0.25) is 0 Å². The van der Waals surface area contributed by atoms with Gasteiger partial charge in [-0.3, -0.25) is 10.1 Å². The molecule has 1 saturated heterocycles. The Kier molecular flexibility index (Phi) is 4.36. The van der Waals surface area contributed by atoms with Crippen LogP contribution in [-0.4, -0.2) is 29.7 Å². The number of aliphatic hydroxyl groups is 1. The van der Waals surface area contributed by atoms with E-state index in [0.29, 0.717) is 18.8 Å². The predicted octanol–water partition coefficient (Wildman–Crippen LogP) is 2.82. The second-order valence-electron chi connectivity index (χ2n) is 5.09. The van der Waals surface area contributed by atoms with Crippen molar-refractivity contribution in [2.45, 2.75) is 19.0 Å². The van der Waals surface area contributed by atoms with E-state index in [-0.39, 0.29) is 12.5 Å². The SMILES string of the molecule is O=[N+]([O-])c1ccc(N2CCCC(CO)C2)cc1C(F)(F)F. The molecule has 0 bridgehead atoms. The maximum absolute atomic E-state index is 12.9. The lowest BCUT2D eigenvalue weighted by atomic mass is 9.98. The molecule has 0 saturated carbocycles. The Hall–Kier alpha value is -1.83. The van der Waals surface area contributed by atoms with E-state index < -0.39 is 22.4 Å². The maximum Gasteiger partial charge on any atom is 0.423 e. The van der Waals surface area contributed by atoms with Crippen molar-refractivity contribution < 1.29 is 23.2 Å². The van der Waals surface area contributed by atoms with E-state index in [1.165, 1.54) is 6.07 Å². The Labute approximate surface area is 119 Å². The van der Waals surface area contributed by atoms with Crippen LogP contribution in [0, 0.1) is 16.0 Å². The van der Waals surface area contributed by atoms with Crippen LogP contribution >= 0.6 is 0 Å². The first-order chi connectivity index (χ1) is 9.82. The lowest BCUT2D eigenvalue weighted by Gasteiger charge is -2.33. The van der Waals surface area contributed by atoms with E-state index in [0.717, 1.165) is 25.0 Å². The summed E-state index contributed by atoms with van der Waals surface area (Å²) >= 11 is 0. The smallest absolute Gasteiger partial charge is 0.396 e. The summed E-state index contributed by atoms with van der Waals surface area (Å²) in [6.45, 7) is 1.01. The average molecular weight is 304 g/mol. The third kappa shape index (κ3) is 3.44. The first kappa shape index (κ1) is 15.6. The highest BCUT2D eigenvalue weighted by molar-refractivity contribution is 5.57. The van der Waals surface area contributed by atoms with Gasteiger partial charge < -0.3 is 10.0 Å². The number of benzene rings is 1. The summed E-state index contributed by atoms with van der Waals surface area (Å²) in [5, 5.41) is 19.9. The minimum Gasteiger partial charge on any atom is -0.396 e. The van der Waals surface area contributed by atoms with E-state index in [1.54, 1.807) is 4.90 Å². The molecule has 1 N–H and O–H groups in total. The Bertz CT molecular complexity index is 534. The molecule has 0 aliphatic carbocycles. The second kappa shape index (κ2) is 5.88. The van der Waals surface area contributed by atoms with Gasteiger partial charge in [-0.15, -0.1) is 0 Å². The number of anilines is 1. The standard InChI is InChI=1S/C13H15F3N2O3/c14-13(15,16)11-6-10(3-4-12(11)18(20)21)17-5-1-2-9(7-17)8-19/h3-4,6,9,19H,1-2,5,7-8H2. The molecule has 0 aromatic heterocycles. The monoisotopic (exact) mass is 304 g/mol. The van der Waals surface area contributed by atoms with Crippen LogP contribution in [0.2, 0.25) is 0 Å². The molecule has 5 nitrogen and oxygen atoms in total. The quantitative estimate of drug-likeness (QED) is 0.689. The number of hydrogen-bond acceptors (Lipinski definition) is 4. The van der Waals surface area contributed by atoms with Gasteiger partial charge in [0.25, 0.3) is 5.69 Å². The van der Waals surface area contributed by atoms with Gasteiger partial charge in [0.05, 0.1) is 4.92 Å². The molecular formula is C13H15F3N2O3. The summed E-state index contributed by atoms with van der Waals surface area (Å²) in [5.74, 6) is 0.0169. The average Bonchev–Trinajstić information content (AvgIpc) is 2.45. The van der Waals surface area contributed by atoms with Crippen molar-refractivity contribution in [1.29, 1.82) is 0 Å². The van der Waals surface area contributed by atoms with Crippen LogP contribution in [0.3, 0.4) is 0 Å². The fourth-order valence-corrected chi connectivity index (χ4v) is 2.56. The highest BCUT2D eigenvalue weighted by Crippen LogP contribution is 2.38. The Morgan fingerprint density at radius 2 is 2.14 bits per heavy atom. The zero-order chi connectivity index (χ0) is 15.6. The van der Waals surface area contributed by atoms with Crippen molar-refractivity contribution in [3.63, 3.8) is 0 Å². The van der Waals surface area contributed by atoms with Crippen molar-refractivity contribution in [3.8, 4) is 0 Å². The summed E-state index contributed by atoms with van der Waals surface area (Å²) in [4.78, 5) is 11.4. The van der Waals surface area contributed by atoms with E-state index in [1.807, 2.05) is 0 Å². The predicted molar refractivity (Wildman–Crippen MR) is 70.1 cm³/mol. The van der Waals surface area contributed by atoms with Crippen LogP contribution in [0.4, 0.5) is 24.5 Å². The summed E-state index contributed by atoms with van der Waals surface area (Å²) < 4.78 is 38.8. The Morgan fingerprint density at radius 3 is 2.71 bits per heavy atom. The number of hydrogen-bond donors (Lipinski definition) is 1. The molecule has 0 spiro atoms. The van der Waals surface area contributed by atoms with Gasteiger partial charge >= 0.3 is 6.18 Å². The molecular weight excluding hydrogens is 289 g/mol. The fourth-order valence-electron chi connectivity index (χ4n) is 2.56. The molecule has 2 rings (SSSR count). The molecule has 1 fully saturated rings. The van der Waals surface area contributed by atoms with Crippen molar-refractivity contribution in [3.05, 3.63) is 33.9 Å². The molecule has 0 radical (unpaired) electrons. The third-order valence-electron chi connectivity index (χ3n) is 3.62. The van der Waals surface area contributed by atoms with Gasteiger partial charge in [-0.25, -0.2) is 0 Å². The molecule has 1 unspecified atom stereocenters. The van der Waals surface area contributed by atoms with Gasteiger partial charge in [-0.2, -0.15) is 13.2 Å². The largest absolute Gasteiger partial charge is 0.423 e. The number of halogens is 3. The van der Waals surface area contributed by atoms with Gasteiger partial charge in [-0.1, -0.05) is 0 Å². The van der Waals surface area contributed by atoms with Crippen LogP contribution in [-0.2, 0) is 6.18 Å². The lowest BCUT2D eigenvalue weighted by molar-refractivity contribution is -0.388.